The van der Waals surface area contributed by atoms with E-state index in [1.807, 2.05) is 0 Å². The molecule has 0 unspecified atom stereocenters. The molecule has 2 radical (unpaired) electrons. The Bertz CT molecular complexity index is 47.5. The fourth-order valence-corrected chi connectivity index (χ4v) is 0.535. The zero-order valence-corrected chi connectivity index (χ0v) is 6.20. The van der Waals surface area contributed by atoms with Gasteiger partial charge >= 0.3 is 0 Å². The van der Waals surface area contributed by atoms with Crippen LogP contribution in [0.2, 0.25) is 0 Å². The van der Waals surface area contributed by atoms with Gasteiger partial charge < -0.3 is 0 Å². The highest BCUT2D eigenvalue weighted by Gasteiger charge is 2.07. The van der Waals surface area contributed by atoms with Crippen LogP contribution in [0.3, 0.4) is 0 Å². The summed E-state index contributed by atoms with van der Waals surface area (Å²) in [4.78, 5) is 0. The quantitative estimate of drug-likeness (QED) is 0.526. The van der Waals surface area contributed by atoms with Crippen LogP contribution in [0.25, 0.3) is 0 Å². The highest BCUT2D eigenvalue weighted by Crippen LogP contribution is 2.20. The summed E-state index contributed by atoms with van der Waals surface area (Å²) in [5.74, 6) is 0. The normalized spacial score (nSPS) is 12.0. The molecule has 0 atom stereocenters. The molecule has 0 aliphatic carbocycles. The van der Waals surface area contributed by atoms with Crippen molar-refractivity contribution in [1.82, 2.24) is 0 Å². The molecule has 0 aromatic carbocycles. The Hall–Kier alpha value is 0. The predicted octanol–water partition coefficient (Wildman–Crippen LogP) is 2.85. The van der Waals surface area contributed by atoms with Crippen LogP contribution in [0.5, 0.6) is 0 Å². The van der Waals surface area contributed by atoms with E-state index in [4.69, 9.17) is 0 Å². The third-order valence-electron chi connectivity index (χ3n) is 1.11. The monoisotopic (exact) mass is 112 g/mol. The van der Waals surface area contributed by atoms with E-state index < -0.39 is 0 Å². The fourth-order valence-electron chi connectivity index (χ4n) is 0.535. The van der Waals surface area contributed by atoms with E-state index in [1.165, 1.54) is 12.8 Å². The molecule has 0 bridgehead atoms. The maximum atomic E-state index is 3.99. The van der Waals surface area contributed by atoms with Crippen LogP contribution in [-0.2, 0) is 0 Å². The standard InChI is InChI=1S/C8H16/c1-5-6-7-8(2,3)4/h5H,2,6-7H2,1,3-4H3. The van der Waals surface area contributed by atoms with Gasteiger partial charge in [0.2, 0.25) is 0 Å². The second-order valence-corrected chi connectivity index (χ2v) is 3.11. The third-order valence-corrected chi connectivity index (χ3v) is 1.11. The second kappa shape index (κ2) is 3.11. The SMILES string of the molecule is [CH2]C(C)(C)CC[CH]C. The summed E-state index contributed by atoms with van der Waals surface area (Å²) in [5.41, 5.74) is 0.270. The van der Waals surface area contributed by atoms with Crippen molar-refractivity contribution < 1.29 is 0 Å². The van der Waals surface area contributed by atoms with Crippen molar-refractivity contribution in [3.05, 3.63) is 13.3 Å². The number of rotatable bonds is 3. The van der Waals surface area contributed by atoms with Crippen molar-refractivity contribution in [3.63, 3.8) is 0 Å². The zero-order chi connectivity index (χ0) is 6.62. The summed E-state index contributed by atoms with van der Waals surface area (Å²) in [5, 5.41) is 0. The van der Waals surface area contributed by atoms with Crippen molar-refractivity contribution in [2.24, 2.45) is 5.41 Å². The van der Waals surface area contributed by atoms with Gasteiger partial charge in [-0.3, -0.25) is 0 Å². The molecule has 0 amide bonds. The Labute approximate surface area is 53.3 Å². The van der Waals surface area contributed by atoms with Gasteiger partial charge in [0.15, 0.2) is 0 Å². The van der Waals surface area contributed by atoms with Crippen LogP contribution in [0, 0.1) is 18.8 Å². The Kier molecular flexibility index (Phi) is 3.11. The smallest absolute Gasteiger partial charge is 0.0354 e. The van der Waals surface area contributed by atoms with E-state index in [1.54, 1.807) is 0 Å². The molecule has 0 N–H and O–H groups in total. The van der Waals surface area contributed by atoms with E-state index in [9.17, 15) is 0 Å². The minimum absolute atomic E-state index is 0.270. The van der Waals surface area contributed by atoms with Gasteiger partial charge in [0, 0.05) is 0 Å². The first kappa shape index (κ1) is 8.00. The van der Waals surface area contributed by atoms with E-state index >= 15 is 0 Å². The van der Waals surface area contributed by atoms with E-state index in [-0.39, 0.29) is 5.41 Å². The molecule has 0 rings (SSSR count). The lowest BCUT2D eigenvalue weighted by Crippen LogP contribution is -2.03. The molecule has 0 aliphatic heterocycles. The van der Waals surface area contributed by atoms with E-state index in [0.717, 1.165) is 0 Å². The van der Waals surface area contributed by atoms with Gasteiger partial charge in [-0.25, -0.2) is 0 Å². The van der Waals surface area contributed by atoms with Crippen LogP contribution < -0.4 is 0 Å². The molecule has 0 heteroatoms. The first-order chi connectivity index (χ1) is 3.56. The lowest BCUT2D eigenvalue weighted by atomic mass is 9.90. The average Bonchev–Trinajstić information content (AvgIpc) is 1.59. The third kappa shape index (κ3) is 6.00. The van der Waals surface area contributed by atoms with Crippen LogP contribution in [0.4, 0.5) is 0 Å². The van der Waals surface area contributed by atoms with Gasteiger partial charge in [-0.15, -0.1) is 0 Å². The molecule has 8 heavy (non-hydrogen) atoms. The van der Waals surface area contributed by atoms with Crippen molar-refractivity contribution >= 4 is 0 Å². The van der Waals surface area contributed by atoms with Crippen molar-refractivity contribution in [2.45, 2.75) is 33.6 Å². The maximum Gasteiger partial charge on any atom is -0.0354 e. The second-order valence-electron chi connectivity index (χ2n) is 3.11. The molecule has 0 aromatic heterocycles. The molecule has 0 heterocycles. The summed E-state index contributed by atoms with van der Waals surface area (Å²) in [7, 11) is 0. The molecule has 0 saturated heterocycles. The molecule has 0 fully saturated rings. The van der Waals surface area contributed by atoms with Gasteiger partial charge in [0.25, 0.3) is 0 Å². The molecule has 0 aromatic rings. The van der Waals surface area contributed by atoms with Gasteiger partial charge in [-0.2, -0.15) is 0 Å². The minimum Gasteiger partial charge on any atom is -0.0623 e. The number of unbranched alkanes of at least 4 members (excludes halogenated alkanes) is 1. The average molecular weight is 112 g/mol. The maximum absolute atomic E-state index is 3.99. The van der Waals surface area contributed by atoms with E-state index in [2.05, 4.69) is 34.1 Å². The molecule has 0 spiro atoms. The Morgan fingerprint density at radius 1 is 1.50 bits per heavy atom. The van der Waals surface area contributed by atoms with Crippen molar-refractivity contribution in [1.29, 1.82) is 0 Å². The molecular weight excluding hydrogens is 96.1 g/mol. The van der Waals surface area contributed by atoms with E-state index in [0.29, 0.717) is 0 Å². The van der Waals surface area contributed by atoms with Crippen LogP contribution in [0.15, 0.2) is 0 Å². The zero-order valence-electron chi connectivity index (χ0n) is 6.20. The fraction of sp³-hybridized carbons (Fsp3) is 0.750. The Morgan fingerprint density at radius 2 is 2.00 bits per heavy atom. The first-order valence-electron chi connectivity index (χ1n) is 3.19. The largest absolute Gasteiger partial charge is 0.0623 e. The van der Waals surface area contributed by atoms with Gasteiger partial charge in [0.05, 0.1) is 0 Å². The van der Waals surface area contributed by atoms with Crippen LogP contribution in [-0.4, -0.2) is 0 Å². The summed E-state index contributed by atoms with van der Waals surface area (Å²) in [6.07, 6.45) is 4.58. The molecule has 0 nitrogen and oxygen atoms in total. The summed E-state index contributed by atoms with van der Waals surface area (Å²) in [6.45, 7) is 10.4. The minimum atomic E-state index is 0.270. The van der Waals surface area contributed by atoms with Gasteiger partial charge in [-0.1, -0.05) is 20.8 Å². The van der Waals surface area contributed by atoms with Crippen molar-refractivity contribution in [3.8, 4) is 0 Å². The van der Waals surface area contributed by atoms with Crippen LogP contribution >= 0.6 is 0 Å². The first-order valence-corrected chi connectivity index (χ1v) is 3.19. The lowest BCUT2D eigenvalue weighted by Gasteiger charge is -2.16. The highest BCUT2D eigenvalue weighted by molar-refractivity contribution is 4.72. The van der Waals surface area contributed by atoms with Crippen LogP contribution in [0.1, 0.15) is 33.6 Å². The summed E-state index contributed by atoms with van der Waals surface area (Å²) in [6, 6.07) is 0. The van der Waals surface area contributed by atoms with Gasteiger partial charge in [0.1, 0.15) is 0 Å². The molecule has 0 saturated carbocycles. The topological polar surface area (TPSA) is 0 Å². The highest BCUT2D eigenvalue weighted by atomic mass is 14.1. The molecular formula is C8H16. The van der Waals surface area contributed by atoms with Crippen molar-refractivity contribution in [2.75, 3.05) is 0 Å². The number of hydrogen-bond acceptors (Lipinski definition) is 0. The summed E-state index contributed by atoms with van der Waals surface area (Å²) >= 11 is 0. The molecule has 48 valence electrons. The Balaban J connectivity index is 3.11. The lowest BCUT2D eigenvalue weighted by molar-refractivity contribution is 0.431. The number of hydrogen-bond donors (Lipinski definition) is 0. The van der Waals surface area contributed by atoms with Gasteiger partial charge in [-0.05, 0) is 31.6 Å². The predicted molar refractivity (Wildman–Crippen MR) is 38.3 cm³/mol. The summed E-state index contributed by atoms with van der Waals surface area (Å²) < 4.78 is 0. The molecule has 0 aliphatic rings. The Morgan fingerprint density at radius 3 is 2.12 bits per heavy atom.